The Kier molecular flexibility index (Phi) is 8.76. The first-order chi connectivity index (χ1) is 26.0. The molecule has 284 valence electrons. The van der Waals surface area contributed by atoms with E-state index < -0.39 is 21.2 Å². The number of methoxy groups -OCH3 is 1. The van der Waals surface area contributed by atoms with Gasteiger partial charge in [-0.05, 0) is 118 Å². The molecule has 1 N–H and O–H groups in total. The number of benzene rings is 2. The minimum atomic E-state index is -3.83. The number of hydrogen-bond acceptors (Lipinski definition) is 7. The van der Waals surface area contributed by atoms with Crippen molar-refractivity contribution in [3.8, 4) is 17.0 Å². The number of piperazine rings is 1. The van der Waals surface area contributed by atoms with E-state index in [1.54, 1.807) is 33.2 Å². The number of amides is 2. The molecule has 2 aromatic heterocycles. The molecule has 2 aliphatic carbocycles. The van der Waals surface area contributed by atoms with Crippen molar-refractivity contribution in [1.82, 2.24) is 28.9 Å². The second-order valence-electron chi connectivity index (χ2n) is 16.4. The third-order valence-corrected chi connectivity index (χ3v) is 14.6. The summed E-state index contributed by atoms with van der Waals surface area (Å²) >= 11 is 0. The highest BCUT2D eigenvalue weighted by molar-refractivity contribution is 7.90. The molecule has 54 heavy (non-hydrogen) atoms. The summed E-state index contributed by atoms with van der Waals surface area (Å²) in [6.45, 7) is 5.17. The molecule has 2 bridgehead atoms. The normalized spacial score (nSPS) is 21.9. The van der Waals surface area contributed by atoms with Crippen molar-refractivity contribution in [2.75, 3.05) is 27.2 Å². The number of likely N-dealkylation sites (tertiary alicyclic amines) is 2. The van der Waals surface area contributed by atoms with Gasteiger partial charge in [-0.1, -0.05) is 25.3 Å². The molecule has 2 amide bonds. The maximum atomic E-state index is 14.6. The fourth-order valence-electron chi connectivity index (χ4n) is 9.65. The molecular weight excluding hydrogens is 701 g/mol. The maximum Gasteiger partial charge on any atom is 0.264 e. The van der Waals surface area contributed by atoms with Crippen molar-refractivity contribution in [1.29, 1.82) is 0 Å². The van der Waals surface area contributed by atoms with Crippen LogP contribution in [0.4, 0.5) is 0 Å². The van der Waals surface area contributed by atoms with Gasteiger partial charge in [-0.3, -0.25) is 19.2 Å². The molecule has 9 rings (SSSR count). The summed E-state index contributed by atoms with van der Waals surface area (Å²) in [6, 6.07) is 12.7. The number of allylic oxidation sites excluding steroid dienone is 1. The maximum absolute atomic E-state index is 14.6. The van der Waals surface area contributed by atoms with Gasteiger partial charge < -0.3 is 14.2 Å². The number of ether oxygens (including phenoxy) is 1. The summed E-state index contributed by atoms with van der Waals surface area (Å²) < 4.78 is 38.1. The van der Waals surface area contributed by atoms with E-state index in [1.165, 1.54) is 12.0 Å². The van der Waals surface area contributed by atoms with Crippen molar-refractivity contribution in [3.05, 3.63) is 70.5 Å². The second-order valence-corrected chi connectivity index (χ2v) is 18.7. The van der Waals surface area contributed by atoms with Gasteiger partial charge in [0.1, 0.15) is 5.75 Å². The number of likely N-dealkylation sites (N-methyl/N-ethyl adjacent to an activating group) is 1. The quantitative estimate of drug-likeness (QED) is 0.210. The number of fused-ring (bicyclic) bond motifs is 7. The highest BCUT2D eigenvalue weighted by atomic mass is 32.2. The van der Waals surface area contributed by atoms with E-state index >= 15 is 0 Å². The van der Waals surface area contributed by atoms with Gasteiger partial charge in [0.25, 0.3) is 11.8 Å². The summed E-state index contributed by atoms with van der Waals surface area (Å²) in [5, 5.41) is 5.29. The Bertz CT molecular complexity index is 2310. The summed E-state index contributed by atoms with van der Waals surface area (Å²) in [4.78, 5) is 32.6. The molecule has 12 heteroatoms. The van der Waals surface area contributed by atoms with Crippen LogP contribution in [-0.2, 0) is 16.6 Å². The van der Waals surface area contributed by atoms with Crippen LogP contribution in [-0.4, -0.2) is 89.0 Å². The predicted octanol–water partition coefficient (Wildman–Crippen LogP) is 6.84. The third-order valence-electron chi connectivity index (χ3n) is 12.9. The number of aromatic nitrogens is 3. The van der Waals surface area contributed by atoms with Crippen LogP contribution >= 0.6 is 0 Å². The average molecular weight is 751 g/mol. The number of nitrogens with one attached hydrogen (secondary N) is 1. The van der Waals surface area contributed by atoms with E-state index in [2.05, 4.69) is 49.0 Å². The molecule has 4 aromatic rings. The Morgan fingerprint density at radius 3 is 2.39 bits per heavy atom. The van der Waals surface area contributed by atoms with Crippen molar-refractivity contribution in [3.63, 3.8) is 0 Å². The van der Waals surface area contributed by atoms with E-state index in [9.17, 15) is 18.0 Å². The van der Waals surface area contributed by atoms with Crippen LogP contribution in [0.5, 0.6) is 5.75 Å². The minimum absolute atomic E-state index is 0.0398. The van der Waals surface area contributed by atoms with Crippen LogP contribution in [0.15, 0.2) is 42.6 Å². The van der Waals surface area contributed by atoms with E-state index in [0.29, 0.717) is 24.1 Å². The van der Waals surface area contributed by atoms with Crippen molar-refractivity contribution >= 4 is 44.4 Å². The first-order valence-electron chi connectivity index (χ1n) is 19.7. The number of hydrogen-bond donors (Lipinski definition) is 1. The van der Waals surface area contributed by atoms with Gasteiger partial charge in [-0.15, -0.1) is 0 Å². The molecule has 11 nitrogen and oxygen atoms in total. The molecule has 0 unspecified atom stereocenters. The SMILES string of the molecule is COc1ccc2c(c1)C=C(c1c(C(=O)N3C[C@H]4C[C@@H]3CN4C)cnn1C1CCC1)Cn1c-2c(C2CCCCC2)c2ccc(C(=O)NS(=O)(=O)C(C)C)cc21. The first kappa shape index (κ1) is 35.3. The van der Waals surface area contributed by atoms with Gasteiger partial charge in [0.05, 0.1) is 48.1 Å². The molecule has 0 radical (unpaired) electrons. The highest BCUT2D eigenvalue weighted by Crippen LogP contribution is 2.48. The highest BCUT2D eigenvalue weighted by Gasteiger charge is 2.45. The lowest BCUT2D eigenvalue weighted by Gasteiger charge is -2.32. The lowest BCUT2D eigenvalue weighted by Crippen LogP contribution is -2.47. The standard InChI is InChI=1S/C42H50N6O5S/c1-25(2)54(51,52)44-41(49)27-13-15-35-37(19-27)47-22-29(17-28-18-33(53-4)14-16-34(28)40(47)38(35)26-9-6-5-7-10-26)39-36(21-43-48(39)30-11-8-12-30)42(50)46-24-31-20-32(46)23-45(31)3/h13-19,21,25-26,30-32H,5-12,20,22-24H2,1-4H3,(H,44,49)/t31-,32-/m1/s1. The van der Waals surface area contributed by atoms with Crippen LogP contribution in [0.3, 0.4) is 0 Å². The summed E-state index contributed by atoms with van der Waals surface area (Å²) in [7, 11) is -0.000973. The van der Waals surface area contributed by atoms with E-state index in [4.69, 9.17) is 9.84 Å². The van der Waals surface area contributed by atoms with E-state index in [-0.39, 0.29) is 23.6 Å². The fraction of sp³-hybridized carbons (Fsp3) is 0.500. The molecular formula is C42H50N6O5S. The van der Waals surface area contributed by atoms with Crippen molar-refractivity contribution < 1.29 is 22.7 Å². The largest absolute Gasteiger partial charge is 0.497 e. The first-order valence-corrected chi connectivity index (χ1v) is 21.3. The fourth-order valence-corrected chi connectivity index (χ4v) is 10.3. The second kappa shape index (κ2) is 13.4. The van der Waals surface area contributed by atoms with Gasteiger partial charge >= 0.3 is 0 Å². The molecule has 2 aromatic carbocycles. The molecule has 2 saturated heterocycles. The number of carbonyl (C=O) groups excluding carboxylic acids is 2. The van der Waals surface area contributed by atoms with Gasteiger partial charge in [0, 0.05) is 47.2 Å². The topological polar surface area (TPSA) is 119 Å². The van der Waals surface area contributed by atoms with Gasteiger partial charge in [0.15, 0.2) is 0 Å². The Morgan fingerprint density at radius 2 is 1.72 bits per heavy atom. The Hall–Kier alpha value is -4.42. The van der Waals surface area contributed by atoms with E-state index in [0.717, 1.165) is 109 Å². The van der Waals surface area contributed by atoms with Crippen molar-refractivity contribution in [2.45, 2.75) is 107 Å². The zero-order valence-electron chi connectivity index (χ0n) is 31.7. The molecule has 5 heterocycles. The molecule has 2 atom stereocenters. The van der Waals surface area contributed by atoms with Crippen LogP contribution in [0.25, 0.3) is 33.8 Å². The molecule has 3 aliphatic heterocycles. The van der Waals surface area contributed by atoms with Gasteiger partial charge in [-0.2, -0.15) is 5.10 Å². The average Bonchev–Trinajstić information content (AvgIpc) is 3.90. The molecule has 5 aliphatic rings. The lowest BCUT2D eigenvalue weighted by atomic mass is 9.81. The Morgan fingerprint density at radius 1 is 0.926 bits per heavy atom. The summed E-state index contributed by atoms with van der Waals surface area (Å²) in [5.41, 5.74) is 8.09. The Balaban J connectivity index is 1.25. The minimum Gasteiger partial charge on any atom is -0.497 e. The number of sulfonamides is 1. The zero-order chi connectivity index (χ0) is 37.5. The van der Waals surface area contributed by atoms with Crippen LogP contribution < -0.4 is 9.46 Å². The van der Waals surface area contributed by atoms with Gasteiger partial charge in [0.2, 0.25) is 10.0 Å². The molecule has 2 saturated carbocycles. The van der Waals surface area contributed by atoms with E-state index in [1.807, 2.05) is 18.2 Å². The third kappa shape index (κ3) is 5.79. The molecule has 4 fully saturated rings. The molecule has 0 spiro atoms. The van der Waals surface area contributed by atoms with Gasteiger partial charge in [-0.25, -0.2) is 13.1 Å². The predicted molar refractivity (Wildman–Crippen MR) is 210 cm³/mol. The smallest absolute Gasteiger partial charge is 0.264 e. The van der Waals surface area contributed by atoms with Crippen molar-refractivity contribution in [2.24, 2.45) is 0 Å². The van der Waals surface area contributed by atoms with Crippen LogP contribution in [0.2, 0.25) is 0 Å². The number of carbonyl (C=O) groups is 2. The monoisotopic (exact) mass is 750 g/mol. The summed E-state index contributed by atoms with van der Waals surface area (Å²) in [5.74, 6) is 0.477. The lowest BCUT2D eigenvalue weighted by molar-refractivity contribution is 0.0649. The Labute approximate surface area is 317 Å². The van der Waals surface area contributed by atoms with Crippen LogP contribution in [0.1, 0.15) is 121 Å². The zero-order valence-corrected chi connectivity index (χ0v) is 32.5. The van der Waals surface area contributed by atoms with Crippen LogP contribution in [0, 0.1) is 0 Å². The number of nitrogens with zero attached hydrogens (tertiary/aromatic N) is 5. The number of rotatable bonds is 8. The summed E-state index contributed by atoms with van der Waals surface area (Å²) in [6.07, 6.45) is 13.9.